The van der Waals surface area contributed by atoms with Crippen LogP contribution in [-0.2, 0) is 6.61 Å². The van der Waals surface area contributed by atoms with Crippen LogP contribution in [0.2, 0.25) is 0 Å². The van der Waals surface area contributed by atoms with Gasteiger partial charge < -0.3 is 15.4 Å². The summed E-state index contributed by atoms with van der Waals surface area (Å²) in [5.74, 6) is 0.850. The number of nitrogen functional groups attached to an aromatic ring is 1. The molecule has 0 saturated carbocycles. The first kappa shape index (κ1) is 11.7. The Morgan fingerprint density at radius 3 is 2.88 bits per heavy atom. The van der Waals surface area contributed by atoms with Crippen molar-refractivity contribution in [3.05, 3.63) is 35.3 Å². The number of aromatic nitrogens is 1. The number of nitrogens with zero attached hydrogens (tertiary/aromatic N) is 2. The summed E-state index contributed by atoms with van der Waals surface area (Å²) < 4.78 is 5.68. The molecule has 0 spiro atoms. The smallest absolute Gasteiger partial charge is 0.180 e. The highest BCUT2D eigenvalue weighted by Gasteiger charge is 2.01. The van der Waals surface area contributed by atoms with Crippen molar-refractivity contribution in [2.24, 2.45) is 0 Å². The van der Waals surface area contributed by atoms with Crippen molar-refractivity contribution in [1.82, 2.24) is 4.98 Å². The fourth-order valence-corrected chi connectivity index (χ4v) is 1.99. The zero-order valence-corrected chi connectivity index (χ0v) is 10.7. The summed E-state index contributed by atoms with van der Waals surface area (Å²) >= 11 is 1.45. The lowest BCUT2D eigenvalue weighted by molar-refractivity contribution is 0.309. The third kappa shape index (κ3) is 3.10. The van der Waals surface area contributed by atoms with Crippen LogP contribution in [-0.4, -0.2) is 19.1 Å². The van der Waals surface area contributed by atoms with E-state index in [0.717, 1.165) is 16.3 Å². The average molecular weight is 249 g/mol. The van der Waals surface area contributed by atoms with E-state index in [2.05, 4.69) is 4.98 Å². The first-order valence-corrected chi connectivity index (χ1v) is 6.07. The van der Waals surface area contributed by atoms with E-state index in [1.807, 2.05) is 43.3 Å². The van der Waals surface area contributed by atoms with E-state index in [4.69, 9.17) is 10.5 Å². The first-order valence-electron chi connectivity index (χ1n) is 5.25. The summed E-state index contributed by atoms with van der Waals surface area (Å²) in [7, 11) is 4.01. The van der Waals surface area contributed by atoms with Crippen LogP contribution in [0.3, 0.4) is 0 Å². The van der Waals surface area contributed by atoms with E-state index in [9.17, 15) is 0 Å². The lowest BCUT2D eigenvalue weighted by Crippen LogP contribution is -2.08. The van der Waals surface area contributed by atoms with Gasteiger partial charge in [-0.05, 0) is 12.1 Å². The van der Waals surface area contributed by atoms with Gasteiger partial charge in [0.1, 0.15) is 12.4 Å². The largest absolute Gasteiger partial charge is 0.488 e. The van der Waals surface area contributed by atoms with Crippen LogP contribution in [0.15, 0.2) is 30.5 Å². The Balaban J connectivity index is 2.01. The fourth-order valence-electron chi connectivity index (χ4n) is 1.40. The molecule has 0 atom stereocenters. The molecule has 0 fully saturated rings. The summed E-state index contributed by atoms with van der Waals surface area (Å²) in [5.41, 5.74) is 6.67. The molecule has 17 heavy (non-hydrogen) atoms. The second-order valence-corrected chi connectivity index (χ2v) is 4.99. The molecule has 0 saturated heterocycles. The Kier molecular flexibility index (Phi) is 3.49. The molecule has 4 nitrogen and oxygen atoms in total. The minimum absolute atomic E-state index is 0.506. The molecule has 2 aromatic rings. The van der Waals surface area contributed by atoms with Crippen LogP contribution in [0.4, 0.5) is 10.8 Å². The maximum Gasteiger partial charge on any atom is 0.180 e. The first-order chi connectivity index (χ1) is 8.15. The predicted molar refractivity (Wildman–Crippen MR) is 71.6 cm³/mol. The van der Waals surface area contributed by atoms with Crippen molar-refractivity contribution >= 4 is 22.2 Å². The Morgan fingerprint density at radius 2 is 2.24 bits per heavy atom. The number of nitrogens with two attached hydrogens (primary N) is 1. The minimum Gasteiger partial charge on any atom is -0.488 e. The number of benzene rings is 1. The van der Waals surface area contributed by atoms with Crippen LogP contribution < -0.4 is 15.4 Å². The summed E-state index contributed by atoms with van der Waals surface area (Å²) in [4.78, 5) is 7.05. The maximum atomic E-state index is 5.68. The van der Waals surface area contributed by atoms with E-state index in [1.165, 1.54) is 11.3 Å². The normalized spacial score (nSPS) is 10.2. The van der Waals surface area contributed by atoms with Crippen LogP contribution in [0.25, 0.3) is 0 Å². The highest BCUT2D eigenvalue weighted by Crippen LogP contribution is 2.22. The van der Waals surface area contributed by atoms with Gasteiger partial charge in [-0.15, -0.1) is 0 Å². The molecular weight excluding hydrogens is 234 g/mol. The molecule has 0 amide bonds. The van der Waals surface area contributed by atoms with Gasteiger partial charge in [-0.25, -0.2) is 4.98 Å². The minimum atomic E-state index is 0.506. The van der Waals surface area contributed by atoms with Crippen LogP contribution in [0.5, 0.6) is 5.75 Å². The van der Waals surface area contributed by atoms with Gasteiger partial charge in [0, 0.05) is 32.0 Å². The molecule has 0 aliphatic heterocycles. The van der Waals surface area contributed by atoms with Crippen LogP contribution in [0.1, 0.15) is 4.88 Å². The maximum absolute atomic E-state index is 5.68. The Morgan fingerprint density at radius 1 is 1.41 bits per heavy atom. The fraction of sp³-hybridized carbons (Fsp3) is 0.250. The lowest BCUT2D eigenvalue weighted by atomic mass is 10.3. The number of thiazole rings is 1. The summed E-state index contributed by atoms with van der Waals surface area (Å²) in [6.45, 7) is 0.506. The summed E-state index contributed by atoms with van der Waals surface area (Å²) in [6.07, 6.45) is 1.75. The third-order valence-corrected chi connectivity index (χ3v) is 3.09. The Labute approximate surface area is 105 Å². The van der Waals surface area contributed by atoms with E-state index in [-0.39, 0.29) is 0 Å². The zero-order valence-electron chi connectivity index (χ0n) is 9.88. The Bertz CT molecular complexity index is 496. The molecule has 2 rings (SSSR count). The van der Waals surface area contributed by atoms with Crippen LogP contribution in [0, 0.1) is 0 Å². The quantitative estimate of drug-likeness (QED) is 0.903. The van der Waals surface area contributed by atoms with E-state index < -0.39 is 0 Å². The molecule has 5 heteroatoms. The van der Waals surface area contributed by atoms with Crippen molar-refractivity contribution in [3.8, 4) is 5.75 Å². The van der Waals surface area contributed by atoms with Gasteiger partial charge >= 0.3 is 0 Å². The van der Waals surface area contributed by atoms with E-state index >= 15 is 0 Å². The average Bonchev–Trinajstić information content (AvgIpc) is 2.73. The van der Waals surface area contributed by atoms with Gasteiger partial charge in [0.25, 0.3) is 0 Å². The lowest BCUT2D eigenvalue weighted by Gasteiger charge is -2.13. The molecule has 0 radical (unpaired) electrons. The third-order valence-electron chi connectivity index (χ3n) is 2.29. The van der Waals surface area contributed by atoms with Crippen molar-refractivity contribution in [2.75, 3.05) is 24.7 Å². The van der Waals surface area contributed by atoms with Crippen molar-refractivity contribution in [1.29, 1.82) is 0 Å². The highest BCUT2D eigenvalue weighted by molar-refractivity contribution is 7.15. The Hall–Kier alpha value is -1.75. The van der Waals surface area contributed by atoms with Crippen molar-refractivity contribution < 1.29 is 4.74 Å². The molecule has 0 aliphatic carbocycles. The molecule has 1 aromatic carbocycles. The molecule has 0 bridgehead atoms. The van der Waals surface area contributed by atoms with Gasteiger partial charge in [0.15, 0.2) is 5.13 Å². The van der Waals surface area contributed by atoms with E-state index in [0.29, 0.717) is 11.7 Å². The molecular formula is C12H15N3OS. The standard InChI is InChI=1S/C12H15N3OS/c1-15(2)9-4-3-5-10(6-9)16-8-11-7-14-12(13)17-11/h3-7H,8H2,1-2H3,(H2,13,14). The zero-order chi connectivity index (χ0) is 12.3. The van der Waals surface area contributed by atoms with Gasteiger partial charge in [0.2, 0.25) is 0 Å². The number of hydrogen-bond donors (Lipinski definition) is 1. The number of rotatable bonds is 4. The molecule has 0 unspecified atom stereocenters. The molecule has 1 aromatic heterocycles. The van der Waals surface area contributed by atoms with E-state index in [1.54, 1.807) is 6.20 Å². The second-order valence-electron chi connectivity index (χ2n) is 3.85. The van der Waals surface area contributed by atoms with Gasteiger partial charge in [-0.2, -0.15) is 0 Å². The van der Waals surface area contributed by atoms with Gasteiger partial charge in [0.05, 0.1) is 4.88 Å². The van der Waals surface area contributed by atoms with Crippen molar-refractivity contribution in [3.63, 3.8) is 0 Å². The SMILES string of the molecule is CN(C)c1cccc(OCc2cnc(N)s2)c1. The number of ether oxygens (including phenoxy) is 1. The van der Waals surface area contributed by atoms with Crippen molar-refractivity contribution in [2.45, 2.75) is 6.61 Å². The number of hydrogen-bond acceptors (Lipinski definition) is 5. The summed E-state index contributed by atoms with van der Waals surface area (Å²) in [6, 6.07) is 7.96. The molecule has 1 heterocycles. The monoisotopic (exact) mass is 249 g/mol. The highest BCUT2D eigenvalue weighted by atomic mass is 32.1. The molecule has 0 aliphatic rings. The van der Waals surface area contributed by atoms with Gasteiger partial charge in [-0.1, -0.05) is 17.4 Å². The van der Waals surface area contributed by atoms with Crippen LogP contribution >= 0.6 is 11.3 Å². The molecule has 90 valence electrons. The summed E-state index contributed by atoms with van der Waals surface area (Å²) in [5, 5.41) is 0.575. The molecule has 2 N–H and O–H groups in total. The second kappa shape index (κ2) is 5.05. The predicted octanol–water partition coefficient (Wildman–Crippen LogP) is 2.37. The topological polar surface area (TPSA) is 51.4 Å². The van der Waals surface area contributed by atoms with Gasteiger partial charge in [-0.3, -0.25) is 0 Å². The number of anilines is 2.